The highest BCUT2D eigenvalue weighted by molar-refractivity contribution is 6.30. The van der Waals surface area contributed by atoms with Crippen molar-refractivity contribution in [2.45, 2.75) is 0 Å². The van der Waals surface area contributed by atoms with E-state index < -0.39 is 24.4 Å². The van der Waals surface area contributed by atoms with Gasteiger partial charge in [-0.15, -0.1) is 0 Å². The molecular weight excluding hydrogens is 420 g/mol. The Morgan fingerprint density at radius 2 is 1.32 bits per heavy atom. The Hall–Kier alpha value is -3.97. The third-order valence-electron chi connectivity index (χ3n) is 4.18. The minimum absolute atomic E-state index is 0.0172. The SMILES string of the molecule is O=C(COC(=O)c1ccccc1C(=O)c1ccc(Cl)cc1)NNC(=O)c1ccccc1. The van der Waals surface area contributed by atoms with Crippen LogP contribution in [0, 0.1) is 0 Å². The van der Waals surface area contributed by atoms with Gasteiger partial charge in [-0.3, -0.25) is 25.2 Å². The van der Waals surface area contributed by atoms with Crippen LogP contribution in [0.25, 0.3) is 0 Å². The van der Waals surface area contributed by atoms with E-state index in [1.54, 1.807) is 66.7 Å². The van der Waals surface area contributed by atoms with E-state index in [9.17, 15) is 19.2 Å². The highest BCUT2D eigenvalue weighted by atomic mass is 35.5. The Labute approximate surface area is 183 Å². The summed E-state index contributed by atoms with van der Waals surface area (Å²) in [5, 5.41) is 0.481. The van der Waals surface area contributed by atoms with E-state index in [4.69, 9.17) is 16.3 Å². The lowest BCUT2D eigenvalue weighted by Crippen LogP contribution is -2.43. The van der Waals surface area contributed by atoms with Gasteiger partial charge in [-0.25, -0.2) is 4.79 Å². The summed E-state index contributed by atoms with van der Waals surface area (Å²) >= 11 is 5.85. The number of benzene rings is 3. The predicted molar refractivity (Wildman–Crippen MR) is 114 cm³/mol. The number of hydrogen-bond acceptors (Lipinski definition) is 5. The van der Waals surface area contributed by atoms with Crippen molar-refractivity contribution in [2.75, 3.05) is 6.61 Å². The number of nitrogens with one attached hydrogen (secondary N) is 2. The van der Waals surface area contributed by atoms with E-state index in [-0.39, 0.29) is 16.9 Å². The van der Waals surface area contributed by atoms with Gasteiger partial charge in [-0.2, -0.15) is 0 Å². The second-order valence-electron chi connectivity index (χ2n) is 6.33. The van der Waals surface area contributed by atoms with Crippen LogP contribution >= 0.6 is 11.6 Å². The average Bonchev–Trinajstić information content (AvgIpc) is 2.81. The molecule has 0 aliphatic heterocycles. The summed E-state index contributed by atoms with van der Waals surface area (Å²) in [5.74, 6) is -2.48. The second kappa shape index (κ2) is 10.2. The Bertz CT molecular complexity index is 1110. The van der Waals surface area contributed by atoms with Crippen LogP contribution in [0.2, 0.25) is 5.02 Å². The van der Waals surface area contributed by atoms with Gasteiger partial charge in [0.1, 0.15) is 0 Å². The van der Waals surface area contributed by atoms with Crippen LogP contribution in [0.1, 0.15) is 36.6 Å². The predicted octanol–water partition coefficient (Wildman–Crippen LogP) is 3.19. The van der Waals surface area contributed by atoms with Gasteiger partial charge < -0.3 is 4.74 Å². The maximum absolute atomic E-state index is 12.8. The van der Waals surface area contributed by atoms with Gasteiger partial charge >= 0.3 is 5.97 Å². The number of carbonyl (C=O) groups excluding carboxylic acids is 4. The Kier molecular flexibility index (Phi) is 7.13. The molecule has 0 spiro atoms. The summed E-state index contributed by atoms with van der Waals surface area (Å²) in [7, 11) is 0. The summed E-state index contributed by atoms with van der Waals surface area (Å²) < 4.78 is 5.00. The van der Waals surface area contributed by atoms with E-state index in [2.05, 4.69) is 10.9 Å². The summed E-state index contributed by atoms with van der Waals surface area (Å²) in [6.07, 6.45) is 0. The van der Waals surface area contributed by atoms with Gasteiger partial charge in [0, 0.05) is 21.7 Å². The Morgan fingerprint density at radius 1 is 0.710 bits per heavy atom. The van der Waals surface area contributed by atoms with Crippen molar-refractivity contribution in [1.29, 1.82) is 0 Å². The Balaban J connectivity index is 1.59. The molecule has 0 fully saturated rings. The molecule has 3 aromatic rings. The lowest BCUT2D eigenvalue weighted by molar-refractivity contribution is -0.125. The van der Waals surface area contributed by atoms with Crippen molar-refractivity contribution in [2.24, 2.45) is 0 Å². The molecule has 0 saturated heterocycles. The fourth-order valence-corrected chi connectivity index (χ4v) is 2.77. The molecule has 0 saturated carbocycles. The molecule has 0 atom stereocenters. The fraction of sp³-hybridized carbons (Fsp3) is 0.0435. The first-order valence-corrected chi connectivity index (χ1v) is 9.54. The molecule has 0 aliphatic carbocycles. The summed E-state index contributed by atoms with van der Waals surface area (Å²) in [4.78, 5) is 49.0. The minimum atomic E-state index is -0.845. The van der Waals surface area contributed by atoms with Crippen LogP contribution in [-0.4, -0.2) is 30.2 Å². The van der Waals surface area contributed by atoms with Crippen molar-refractivity contribution in [3.05, 3.63) is 106 Å². The smallest absolute Gasteiger partial charge is 0.339 e. The summed E-state index contributed by atoms with van der Waals surface area (Å²) in [5.41, 5.74) is 5.24. The number of hydrogen-bond donors (Lipinski definition) is 2. The fourth-order valence-electron chi connectivity index (χ4n) is 2.65. The molecule has 0 aromatic heterocycles. The van der Waals surface area contributed by atoms with Gasteiger partial charge in [0.25, 0.3) is 11.8 Å². The average molecular weight is 437 g/mol. The first-order chi connectivity index (χ1) is 15.0. The van der Waals surface area contributed by atoms with Crippen molar-refractivity contribution in [1.82, 2.24) is 10.9 Å². The quantitative estimate of drug-likeness (QED) is 0.351. The largest absolute Gasteiger partial charge is 0.452 e. The van der Waals surface area contributed by atoms with Gasteiger partial charge in [0.05, 0.1) is 5.56 Å². The zero-order valence-corrected chi connectivity index (χ0v) is 16.9. The number of carbonyl (C=O) groups is 4. The number of rotatable bonds is 6. The molecule has 8 heteroatoms. The van der Waals surface area contributed by atoms with Crippen molar-refractivity contribution in [3.63, 3.8) is 0 Å². The maximum Gasteiger partial charge on any atom is 0.339 e. The molecule has 3 rings (SSSR count). The van der Waals surface area contributed by atoms with Crippen LogP contribution in [-0.2, 0) is 9.53 Å². The van der Waals surface area contributed by atoms with Crippen LogP contribution in [0.3, 0.4) is 0 Å². The number of ether oxygens (including phenoxy) is 1. The topological polar surface area (TPSA) is 102 Å². The summed E-state index contributed by atoms with van der Waals surface area (Å²) in [6, 6.07) is 20.6. The van der Waals surface area contributed by atoms with E-state index in [1.165, 1.54) is 12.1 Å². The number of esters is 1. The molecule has 0 unspecified atom stereocenters. The van der Waals surface area contributed by atoms with Crippen molar-refractivity contribution in [3.8, 4) is 0 Å². The van der Waals surface area contributed by atoms with Crippen LogP contribution < -0.4 is 10.9 Å². The maximum atomic E-state index is 12.8. The molecule has 2 N–H and O–H groups in total. The zero-order chi connectivity index (χ0) is 22.2. The van der Waals surface area contributed by atoms with Gasteiger partial charge in [-0.05, 0) is 42.5 Å². The van der Waals surface area contributed by atoms with Crippen LogP contribution in [0.5, 0.6) is 0 Å². The van der Waals surface area contributed by atoms with Gasteiger partial charge in [-0.1, -0.05) is 48.0 Å². The molecule has 2 amide bonds. The van der Waals surface area contributed by atoms with E-state index >= 15 is 0 Å². The third-order valence-corrected chi connectivity index (χ3v) is 4.44. The summed E-state index contributed by atoms with van der Waals surface area (Å²) in [6.45, 7) is -0.641. The number of ketones is 1. The lowest BCUT2D eigenvalue weighted by Gasteiger charge is -2.10. The van der Waals surface area contributed by atoms with E-state index in [0.717, 1.165) is 0 Å². The zero-order valence-electron chi connectivity index (χ0n) is 16.1. The lowest BCUT2D eigenvalue weighted by atomic mass is 9.98. The second-order valence-corrected chi connectivity index (χ2v) is 6.76. The standard InChI is InChI=1S/C23H17ClN2O5/c24-17-12-10-15(11-13-17)21(28)18-8-4-5-9-19(18)23(30)31-14-20(27)25-26-22(29)16-6-2-1-3-7-16/h1-13H,14H2,(H,25,27)(H,26,29). The highest BCUT2D eigenvalue weighted by Crippen LogP contribution is 2.17. The van der Waals surface area contributed by atoms with Crippen LogP contribution in [0.15, 0.2) is 78.9 Å². The normalized spacial score (nSPS) is 10.1. The highest BCUT2D eigenvalue weighted by Gasteiger charge is 2.20. The molecule has 0 bridgehead atoms. The Morgan fingerprint density at radius 3 is 2.00 bits per heavy atom. The monoisotopic (exact) mass is 436 g/mol. The first-order valence-electron chi connectivity index (χ1n) is 9.16. The van der Waals surface area contributed by atoms with Crippen molar-refractivity contribution < 1.29 is 23.9 Å². The minimum Gasteiger partial charge on any atom is -0.452 e. The van der Waals surface area contributed by atoms with E-state index in [0.29, 0.717) is 16.1 Å². The first kappa shape index (κ1) is 21.7. The molecule has 7 nitrogen and oxygen atoms in total. The number of halogens is 1. The van der Waals surface area contributed by atoms with Gasteiger partial charge in [0.2, 0.25) is 0 Å². The third kappa shape index (κ3) is 5.77. The molecule has 3 aromatic carbocycles. The van der Waals surface area contributed by atoms with Crippen LogP contribution in [0.4, 0.5) is 0 Å². The van der Waals surface area contributed by atoms with Gasteiger partial charge in [0.15, 0.2) is 12.4 Å². The molecule has 0 radical (unpaired) electrons. The molecule has 0 aliphatic rings. The number of hydrazine groups is 1. The molecular formula is C23H17ClN2O5. The molecule has 31 heavy (non-hydrogen) atoms. The molecule has 156 valence electrons. The number of amides is 2. The van der Waals surface area contributed by atoms with Crippen molar-refractivity contribution >= 4 is 35.2 Å². The van der Waals surface area contributed by atoms with E-state index in [1.807, 2.05) is 0 Å². The molecule has 0 heterocycles.